The molecule has 2 aromatic rings. The van der Waals surface area contributed by atoms with Crippen molar-refractivity contribution in [1.82, 2.24) is 9.21 Å². The standard InChI is InChI=1S/C22H29N3O8S2/c1-17(26)33-21(16-32-20-5-3-4-18(14-20)23-34(27)28)15-24-10-12-25(13-11-24)35(29,30)22-8-6-19(31-2)7-9-22/h3-9,14,21,23H,10-13,15-16H2,1-2H3,(H,27,28)/p-1. The third-order valence-corrected chi connectivity index (χ3v) is 7.61. The Labute approximate surface area is 207 Å². The molecule has 1 saturated heterocycles. The maximum absolute atomic E-state index is 12.9. The largest absolute Gasteiger partial charge is 0.755 e. The Morgan fingerprint density at radius 2 is 1.80 bits per heavy atom. The smallest absolute Gasteiger partial charge is 0.303 e. The molecule has 1 aliphatic rings. The summed E-state index contributed by atoms with van der Waals surface area (Å²) < 4.78 is 67.4. The number of nitrogens with one attached hydrogen (secondary N) is 1. The predicted molar refractivity (Wildman–Crippen MR) is 128 cm³/mol. The van der Waals surface area contributed by atoms with Gasteiger partial charge in [-0.25, -0.2) is 8.42 Å². The van der Waals surface area contributed by atoms with Gasteiger partial charge in [0, 0.05) is 62.7 Å². The van der Waals surface area contributed by atoms with Crippen molar-refractivity contribution in [2.24, 2.45) is 0 Å². The van der Waals surface area contributed by atoms with Gasteiger partial charge in [0.25, 0.3) is 0 Å². The van der Waals surface area contributed by atoms with Crippen LogP contribution in [0.15, 0.2) is 53.4 Å². The molecule has 0 amide bonds. The van der Waals surface area contributed by atoms with E-state index in [-0.39, 0.29) is 11.5 Å². The molecule has 3 rings (SSSR count). The minimum atomic E-state index is -3.63. The zero-order valence-corrected chi connectivity index (χ0v) is 21.0. The molecule has 2 aromatic carbocycles. The number of hydrogen-bond donors (Lipinski definition) is 1. The van der Waals surface area contributed by atoms with E-state index in [0.29, 0.717) is 49.9 Å². The van der Waals surface area contributed by atoms with Gasteiger partial charge in [0.05, 0.1) is 12.0 Å². The lowest BCUT2D eigenvalue weighted by Crippen LogP contribution is -2.51. The fourth-order valence-electron chi connectivity index (χ4n) is 3.63. The summed E-state index contributed by atoms with van der Waals surface area (Å²) in [6.45, 7) is 3.22. The van der Waals surface area contributed by atoms with Crippen molar-refractivity contribution in [2.45, 2.75) is 17.9 Å². The average Bonchev–Trinajstić information content (AvgIpc) is 2.82. The lowest BCUT2D eigenvalue weighted by Gasteiger charge is -2.35. The second-order valence-corrected chi connectivity index (χ2v) is 10.4. The van der Waals surface area contributed by atoms with E-state index < -0.39 is 33.4 Å². The van der Waals surface area contributed by atoms with Crippen LogP contribution in [0.1, 0.15) is 6.92 Å². The Hall–Kier alpha value is -2.71. The predicted octanol–water partition coefficient (Wildman–Crippen LogP) is 1.22. The maximum atomic E-state index is 12.9. The van der Waals surface area contributed by atoms with E-state index >= 15 is 0 Å². The Morgan fingerprint density at radius 1 is 1.11 bits per heavy atom. The molecule has 1 aliphatic heterocycles. The van der Waals surface area contributed by atoms with E-state index in [1.807, 2.05) is 4.90 Å². The van der Waals surface area contributed by atoms with Crippen LogP contribution in [0.25, 0.3) is 0 Å². The first-order valence-electron chi connectivity index (χ1n) is 10.8. The van der Waals surface area contributed by atoms with Crippen LogP contribution in [0.2, 0.25) is 0 Å². The van der Waals surface area contributed by atoms with E-state index in [1.54, 1.807) is 30.3 Å². The first kappa shape index (κ1) is 26.9. The topological polar surface area (TPSA) is 138 Å². The molecule has 2 atom stereocenters. The highest BCUT2D eigenvalue weighted by Gasteiger charge is 2.30. The van der Waals surface area contributed by atoms with Crippen molar-refractivity contribution in [1.29, 1.82) is 0 Å². The van der Waals surface area contributed by atoms with Crippen molar-refractivity contribution < 1.29 is 36.2 Å². The van der Waals surface area contributed by atoms with Crippen LogP contribution >= 0.6 is 0 Å². The molecule has 2 unspecified atom stereocenters. The van der Waals surface area contributed by atoms with Crippen LogP contribution in [-0.4, -0.2) is 84.9 Å². The van der Waals surface area contributed by atoms with Crippen LogP contribution in [0.3, 0.4) is 0 Å². The number of anilines is 1. The van der Waals surface area contributed by atoms with Crippen molar-refractivity contribution in [2.75, 3.05) is 51.2 Å². The van der Waals surface area contributed by atoms with Gasteiger partial charge in [-0.15, -0.1) is 0 Å². The molecule has 0 aliphatic carbocycles. The molecular formula is C22H28N3O8S2-. The van der Waals surface area contributed by atoms with Crippen molar-refractivity contribution >= 4 is 32.9 Å². The van der Waals surface area contributed by atoms with Crippen molar-refractivity contribution in [3.8, 4) is 11.5 Å². The molecule has 0 bridgehead atoms. The van der Waals surface area contributed by atoms with Gasteiger partial charge >= 0.3 is 5.97 Å². The monoisotopic (exact) mass is 526 g/mol. The van der Waals surface area contributed by atoms with Gasteiger partial charge in [-0.2, -0.15) is 4.31 Å². The minimum Gasteiger partial charge on any atom is -0.755 e. The summed E-state index contributed by atoms with van der Waals surface area (Å²) in [5, 5.41) is 0. The number of rotatable bonds is 11. The first-order chi connectivity index (χ1) is 16.7. The van der Waals surface area contributed by atoms with Crippen LogP contribution in [-0.2, 0) is 30.8 Å². The van der Waals surface area contributed by atoms with Crippen LogP contribution < -0.4 is 14.2 Å². The molecule has 1 fully saturated rings. The highest BCUT2D eigenvalue weighted by atomic mass is 32.2. The Morgan fingerprint density at radius 3 is 2.40 bits per heavy atom. The van der Waals surface area contributed by atoms with Crippen LogP contribution in [0.4, 0.5) is 5.69 Å². The molecule has 0 spiro atoms. The summed E-state index contributed by atoms with van der Waals surface area (Å²) in [7, 11) is -2.11. The van der Waals surface area contributed by atoms with E-state index in [4.69, 9.17) is 14.2 Å². The summed E-state index contributed by atoms with van der Waals surface area (Å²) in [5.41, 5.74) is 0.342. The van der Waals surface area contributed by atoms with Crippen molar-refractivity contribution in [3.05, 3.63) is 48.5 Å². The number of nitrogens with zero attached hydrogens (tertiary/aromatic N) is 2. The Kier molecular flexibility index (Phi) is 9.46. The normalized spacial score (nSPS) is 16.8. The second-order valence-electron chi connectivity index (χ2n) is 7.79. The van der Waals surface area contributed by atoms with E-state index in [0.717, 1.165) is 0 Å². The lowest BCUT2D eigenvalue weighted by molar-refractivity contribution is -0.149. The molecule has 11 nitrogen and oxygen atoms in total. The van der Waals surface area contributed by atoms with E-state index in [2.05, 4.69) is 4.72 Å². The number of hydrogen-bond acceptors (Lipinski definition) is 9. The number of methoxy groups -OCH3 is 1. The van der Waals surface area contributed by atoms with Gasteiger partial charge in [0.15, 0.2) is 0 Å². The second kappa shape index (κ2) is 12.3. The number of benzene rings is 2. The number of carbonyl (C=O) groups excluding carboxylic acids is 1. The van der Waals surface area contributed by atoms with Gasteiger partial charge in [-0.1, -0.05) is 6.07 Å². The van der Waals surface area contributed by atoms with E-state index in [1.165, 1.54) is 36.5 Å². The molecule has 35 heavy (non-hydrogen) atoms. The number of ether oxygens (including phenoxy) is 3. The zero-order valence-electron chi connectivity index (χ0n) is 19.4. The summed E-state index contributed by atoms with van der Waals surface area (Å²) in [5.74, 6) is 0.528. The quantitative estimate of drug-likeness (QED) is 0.338. The molecule has 0 saturated carbocycles. The highest BCUT2D eigenvalue weighted by Crippen LogP contribution is 2.21. The fourth-order valence-corrected chi connectivity index (χ4v) is 5.37. The number of sulfonamides is 1. The Balaban J connectivity index is 1.56. The molecule has 1 N–H and O–H groups in total. The Bertz CT molecular complexity index is 1120. The minimum absolute atomic E-state index is 0.0495. The SMILES string of the molecule is COc1ccc(S(=O)(=O)N2CCN(CC(COc3cccc(NS(=O)[O-])c3)OC(C)=O)CC2)cc1. The molecule has 0 radical (unpaired) electrons. The molecule has 192 valence electrons. The van der Waals surface area contributed by atoms with Gasteiger partial charge in [0.2, 0.25) is 10.0 Å². The van der Waals surface area contributed by atoms with Gasteiger partial charge in [0.1, 0.15) is 24.2 Å². The molecule has 13 heteroatoms. The average molecular weight is 527 g/mol. The zero-order chi connectivity index (χ0) is 25.4. The lowest BCUT2D eigenvalue weighted by atomic mass is 10.3. The maximum Gasteiger partial charge on any atom is 0.303 e. The van der Waals surface area contributed by atoms with Crippen LogP contribution in [0, 0.1) is 0 Å². The third kappa shape index (κ3) is 7.90. The van der Waals surface area contributed by atoms with Crippen LogP contribution in [0.5, 0.6) is 11.5 Å². The van der Waals surface area contributed by atoms with E-state index in [9.17, 15) is 22.0 Å². The highest BCUT2D eigenvalue weighted by molar-refractivity contribution is 7.89. The number of esters is 1. The molecule has 0 aromatic heterocycles. The summed E-state index contributed by atoms with van der Waals surface area (Å²) in [6, 6.07) is 12.6. The molecule has 1 heterocycles. The number of carbonyl (C=O) groups is 1. The number of piperazine rings is 1. The summed E-state index contributed by atoms with van der Waals surface area (Å²) in [4.78, 5) is 13.8. The third-order valence-electron chi connectivity index (χ3n) is 5.29. The van der Waals surface area contributed by atoms with Gasteiger partial charge in [-0.3, -0.25) is 13.9 Å². The summed E-state index contributed by atoms with van der Waals surface area (Å²) >= 11 is -2.46. The summed E-state index contributed by atoms with van der Waals surface area (Å²) in [6.07, 6.45) is -0.595. The van der Waals surface area contributed by atoms with Crippen molar-refractivity contribution in [3.63, 3.8) is 0 Å². The van der Waals surface area contributed by atoms with Gasteiger partial charge in [-0.05, 0) is 36.4 Å². The molecular weight excluding hydrogens is 498 g/mol. The fraction of sp³-hybridized carbons (Fsp3) is 0.409. The first-order valence-corrected chi connectivity index (χ1v) is 13.3. The van der Waals surface area contributed by atoms with Gasteiger partial charge < -0.3 is 23.5 Å².